The van der Waals surface area contributed by atoms with Crippen molar-refractivity contribution in [3.8, 4) is 0 Å². The van der Waals surface area contributed by atoms with Gasteiger partial charge in [0.2, 0.25) is 5.91 Å². The van der Waals surface area contributed by atoms with Gasteiger partial charge in [-0.2, -0.15) is 0 Å². The number of aliphatic carboxylic acids is 1. The molecule has 0 unspecified atom stereocenters. The van der Waals surface area contributed by atoms with Crippen molar-refractivity contribution in [2.24, 2.45) is 11.8 Å². The van der Waals surface area contributed by atoms with E-state index in [0.717, 1.165) is 0 Å². The summed E-state index contributed by atoms with van der Waals surface area (Å²) in [5, 5.41) is 11.4. The van der Waals surface area contributed by atoms with E-state index in [9.17, 15) is 14.0 Å². The standard InChI is InChI=1S/C15H19FN2O3/c1-8(2)18(3)13-5-4-9(6-12(13)16)17-14(19)10-7-11(10)15(20)21/h4-6,8,10-11H,7H2,1-3H3,(H,17,19)(H,20,21)/t10-,11+/m1/s1. The fraction of sp³-hybridized carbons (Fsp3) is 0.467. The van der Waals surface area contributed by atoms with Crippen LogP contribution in [0.2, 0.25) is 0 Å². The summed E-state index contributed by atoms with van der Waals surface area (Å²) in [7, 11) is 1.79. The van der Waals surface area contributed by atoms with Gasteiger partial charge in [0.15, 0.2) is 0 Å². The zero-order valence-electron chi connectivity index (χ0n) is 12.3. The molecule has 2 atom stereocenters. The number of nitrogens with one attached hydrogen (secondary N) is 1. The van der Waals surface area contributed by atoms with Crippen LogP contribution in [-0.2, 0) is 9.59 Å². The molecule has 1 aromatic carbocycles. The molecule has 114 valence electrons. The minimum atomic E-state index is -0.963. The SMILES string of the molecule is CC(C)N(C)c1ccc(NC(=O)[C@@H]2C[C@@H]2C(=O)O)cc1F. The van der Waals surface area contributed by atoms with Crippen molar-refractivity contribution < 1.29 is 19.1 Å². The van der Waals surface area contributed by atoms with E-state index in [1.165, 1.54) is 6.07 Å². The van der Waals surface area contributed by atoms with Gasteiger partial charge in [0.1, 0.15) is 5.82 Å². The first-order chi connectivity index (χ1) is 9.81. The fourth-order valence-corrected chi connectivity index (χ4v) is 2.14. The third kappa shape index (κ3) is 3.32. The van der Waals surface area contributed by atoms with Gasteiger partial charge < -0.3 is 15.3 Å². The Labute approximate surface area is 122 Å². The van der Waals surface area contributed by atoms with Crippen LogP contribution in [0.25, 0.3) is 0 Å². The number of carbonyl (C=O) groups is 2. The molecule has 21 heavy (non-hydrogen) atoms. The summed E-state index contributed by atoms with van der Waals surface area (Å²) in [6.07, 6.45) is 0.345. The molecule has 1 amide bonds. The summed E-state index contributed by atoms with van der Waals surface area (Å²) in [4.78, 5) is 24.3. The third-order valence-corrected chi connectivity index (χ3v) is 3.81. The summed E-state index contributed by atoms with van der Waals surface area (Å²) in [6, 6.07) is 4.63. The Hall–Kier alpha value is -2.11. The molecule has 0 heterocycles. The molecule has 1 aliphatic carbocycles. The van der Waals surface area contributed by atoms with Crippen molar-refractivity contribution in [1.29, 1.82) is 0 Å². The molecule has 0 aromatic heterocycles. The van der Waals surface area contributed by atoms with Gasteiger partial charge in [-0.05, 0) is 38.5 Å². The van der Waals surface area contributed by atoms with E-state index in [2.05, 4.69) is 5.32 Å². The van der Waals surface area contributed by atoms with Crippen LogP contribution in [-0.4, -0.2) is 30.1 Å². The molecular formula is C15H19FN2O3. The van der Waals surface area contributed by atoms with E-state index >= 15 is 0 Å². The normalized spacial score (nSPS) is 20.2. The highest BCUT2D eigenvalue weighted by molar-refractivity contribution is 5.98. The largest absolute Gasteiger partial charge is 0.481 e. The second-order valence-corrected chi connectivity index (χ2v) is 5.65. The molecule has 0 aliphatic heterocycles. The molecular weight excluding hydrogens is 275 g/mol. The van der Waals surface area contributed by atoms with Crippen LogP contribution >= 0.6 is 0 Å². The van der Waals surface area contributed by atoms with Crippen molar-refractivity contribution in [2.75, 3.05) is 17.3 Å². The van der Waals surface area contributed by atoms with Gasteiger partial charge >= 0.3 is 5.97 Å². The lowest BCUT2D eigenvalue weighted by Gasteiger charge is -2.24. The van der Waals surface area contributed by atoms with Gasteiger partial charge in [-0.25, -0.2) is 4.39 Å². The molecule has 6 heteroatoms. The van der Waals surface area contributed by atoms with Crippen LogP contribution in [0.5, 0.6) is 0 Å². The van der Waals surface area contributed by atoms with Gasteiger partial charge in [-0.1, -0.05) is 0 Å². The average Bonchev–Trinajstić information content (AvgIpc) is 3.18. The van der Waals surface area contributed by atoms with Crippen LogP contribution in [0.15, 0.2) is 18.2 Å². The Morgan fingerprint density at radius 1 is 1.38 bits per heavy atom. The Bertz CT molecular complexity index is 574. The summed E-state index contributed by atoms with van der Waals surface area (Å²) in [6.45, 7) is 3.91. The molecule has 0 radical (unpaired) electrons. The topological polar surface area (TPSA) is 69.6 Å². The highest BCUT2D eigenvalue weighted by Crippen LogP contribution is 2.39. The Balaban J connectivity index is 2.04. The summed E-state index contributed by atoms with van der Waals surface area (Å²) in [5.41, 5.74) is 0.798. The van der Waals surface area contributed by atoms with E-state index in [1.807, 2.05) is 13.8 Å². The first-order valence-electron chi connectivity index (χ1n) is 6.87. The Morgan fingerprint density at radius 3 is 2.52 bits per heavy atom. The molecule has 1 aliphatic rings. The third-order valence-electron chi connectivity index (χ3n) is 3.81. The number of carboxylic acids is 1. The lowest BCUT2D eigenvalue weighted by atomic mass is 10.2. The zero-order valence-corrected chi connectivity index (χ0v) is 12.3. The van der Waals surface area contributed by atoms with Crippen LogP contribution in [0.3, 0.4) is 0 Å². The highest BCUT2D eigenvalue weighted by atomic mass is 19.1. The fourth-order valence-electron chi connectivity index (χ4n) is 2.14. The lowest BCUT2D eigenvalue weighted by molar-refractivity contribution is -0.139. The minimum absolute atomic E-state index is 0.155. The second kappa shape index (κ2) is 5.71. The molecule has 1 saturated carbocycles. The smallest absolute Gasteiger partial charge is 0.307 e. The molecule has 0 bridgehead atoms. The molecule has 1 aromatic rings. The van der Waals surface area contributed by atoms with Crippen molar-refractivity contribution in [2.45, 2.75) is 26.3 Å². The molecule has 0 saturated heterocycles. The number of anilines is 2. The number of carbonyl (C=O) groups excluding carboxylic acids is 1. The lowest BCUT2D eigenvalue weighted by Crippen LogP contribution is -2.26. The number of benzene rings is 1. The Kier molecular flexibility index (Phi) is 4.16. The quantitative estimate of drug-likeness (QED) is 0.874. The van der Waals surface area contributed by atoms with E-state index < -0.39 is 23.6 Å². The number of hydrogen-bond acceptors (Lipinski definition) is 3. The van der Waals surface area contributed by atoms with E-state index in [1.54, 1.807) is 24.1 Å². The number of amides is 1. The number of nitrogens with zero attached hydrogens (tertiary/aromatic N) is 1. The molecule has 2 rings (SSSR count). The average molecular weight is 294 g/mol. The minimum Gasteiger partial charge on any atom is -0.481 e. The van der Waals surface area contributed by atoms with Gasteiger partial charge in [-0.15, -0.1) is 0 Å². The maximum Gasteiger partial charge on any atom is 0.307 e. The van der Waals surface area contributed by atoms with Crippen LogP contribution in [0.1, 0.15) is 20.3 Å². The van der Waals surface area contributed by atoms with Gasteiger partial charge in [0.05, 0.1) is 17.5 Å². The maximum atomic E-state index is 14.0. The van der Waals surface area contributed by atoms with Crippen molar-refractivity contribution in [3.63, 3.8) is 0 Å². The van der Waals surface area contributed by atoms with E-state index in [0.29, 0.717) is 17.8 Å². The number of carboxylic acid groups (broad SMARTS) is 1. The van der Waals surface area contributed by atoms with Crippen LogP contribution < -0.4 is 10.2 Å². The first kappa shape index (κ1) is 15.3. The summed E-state index contributed by atoms with van der Waals surface area (Å²) < 4.78 is 14.0. The molecule has 5 nitrogen and oxygen atoms in total. The Morgan fingerprint density at radius 2 is 2.05 bits per heavy atom. The summed E-state index contributed by atoms with van der Waals surface area (Å²) in [5.74, 6) is -2.87. The molecule has 0 spiro atoms. The van der Waals surface area contributed by atoms with Crippen molar-refractivity contribution >= 4 is 23.3 Å². The molecule has 1 fully saturated rings. The van der Waals surface area contributed by atoms with Crippen molar-refractivity contribution in [1.82, 2.24) is 0 Å². The van der Waals surface area contributed by atoms with Crippen LogP contribution in [0, 0.1) is 17.7 Å². The van der Waals surface area contributed by atoms with Gasteiger partial charge in [0, 0.05) is 18.8 Å². The number of hydrogen-bond donors (Lipinski definition) is 2. The van der Waals surface area contributed by atoms with Crippen molar-refractivity contribution in [3.05, 3.63) is 24.0 Å². The van der Waals surface area contributed by atoms with Gasteiger partial charge in [0.25, 0.3) is 0 Å². The second-order valence-electron chi connectivity index (χ2n) is 5.65. The maximum absolute atomic E-state index is 14.0. The first-order valence-corrected chi connectivity index (χ1v) is 6.87. The zero-order chi connectivity index (χ0) is 15.7. The predicted octanol–water partition coefficient (Wildman–Crippen LogP) is 2.33. The van der Waals surface area contributed by atoms with E-state index in [4.69, 9.17) is 5.11 Å². The number of rotatable bonds is 5. The highest BCUT2D eigenvalue weighted by Gasteiger charge is 2.48. The monoisotopic (exact) mass is 294 g/mol. The number of halogens is 1. The molecule has 2 N–H and O–H groups in total. The van der Waals surface area contributed by atoms with Gasteiger partial charge in [-0.3, -0.25) is 9.59 Å². The van der Waals surface area contributed by atoms with Crippen LogP contribution in [0.4, 0.5) is 15.8 Å². The van der Waals surface area contributed by atoms with E-state index in [-0.39, 0.29) is 11.9 Å². The summed E-state index contributed by atoms with van der Waals surface area (Å²) >= 11 is 0. The predicted molar refractivity (Wildman–Crippen MR) is 77.8 cm³/mol.